The van der Waals surface area contributed by atoms with Gasteiger partial charge in [-0.05, 0) is 67.1 Å². The van der Waals surface area contributed by atoms with Crippen LogP contribution >= 0.6 is 0 Å². The predicted molar refractivity (Wildman–Crippen MR) is 134 cm³/mol. The van der Waals surface area contributed by atoms with Crippen molar-refractivity contribution in [1.82, 2.24) is 4.98 Å². The molecule has 0 bridgehead atoms. The van der Waals surface area contributed by atoms with E-state index in [0.29, 0.717) is 33.8 Å². The highest BCUT2D eigenvalue weighted by molar-refractivity contribution is 6.09. The van der Waals surface area contributed by atoms with Gasteiger partial charge in [-0.1, -0.05) is 24.3 Å². The Kier molecular flexibility index (Phi) is 6.73. The summed E-state index contributed by atoms with van der Waals surface area (Å²) in [5.41, 5.74) is 9.23. The summed E-state index contributed by atoms with van der Waals surface area (Å²) in [6.07, 6.45) is 0. The molecule has 4 rings (SSSR count). The first-order valence-electron chi connectivity index (χ1n) is 10.9. The highest BCUT2D eigenvalue weighted by atomic mass is 16.5. The number of aromatic nitrogens is 1. The summed E-state index contributed by atoms with van der Waals surface area (Å²) in [6, 6.07) is 22.7. The molecule has 0 saturated carbocycles. The van der Waals surface area contributed by atoms with Crippen LogP contribution < -0.4 is 15.4 Å². The van der Waals surface area contributed by atoms with E-state index < -0.39 is 18.4 Å². The van der Waals surface area contributed by atoms with Gasteiger partial charge < -0.3 is 15.6 Å². The molecule has 1 aromatic heterocycles. The molecule has 1 heterocycles. The Morgan fingerprint density at radius 3 is 2.37 bits per heavy atom. The molecule has 4 aromatic rings. The van der Waals surface area contributed by atoms with Gasteiger partial charge in [0.1, 0.15) is 24.7 Å². The quantitative estimate of drug-likeness (QED) is 0.263. The van der Waals surface area contributed by atoms with E-state index in [0.717, 1.165) is 10.9 Å². The Morgan fingerprint density at radius 2 is 1.71 bits per heavy atom. The molecule has 0 spiro atoms. The lowest BCUT2D eigenvalue weighted by atomic mass is 10.1. The fourth-order valence-electron chi connectivity index (χ4n) is 3.74. The normalized spacial score (nSPS) is 10.7. The van der Waals surface area contributed by atoms with Crippen LogP contribution in [0.15, 0.2) is 78.9 Å². The highest BCUT2D eigenvalue weighted by Gasteiger charge is 2.21. The maximum atomic E-state index is 13.1. The number of amides is 1. The second-order valence-electron chi connectivity index (χ2n) is 8.01. The molecule has 176 valence electrons. The number of ether oxygens (including phenoxy) is 1. The number of hydrogen-bond donors (Lipinski definition) is 3. The minimum Gasteiger partial charge on any atom is -0.487 e. The standard InChI is InChI=1S/C27H24N4O4/c1-17-13-20(16-35-22-10-7-18(8-11-22)26(28)29)30-24-14-21(9-12-23(17)24)31(15-25(32)33)27(34)19-5-3-2-4-6-19/h2-14H,15-16H2,1H3,(H3,28,29)(H,32,33). The fourth-order valence-corrected chi connectivity index (χ4v) is 3.74. The van der Waals surface area contributed by atoms with E-state index in [4.69, 9.17) is 15.9 Å². The zero-order chi connectivity index (χ0) is 24.9. The lowest BCUT2D eigenvalue weighted by Gasteiger charge is -2.21. The Morgan fingerprint density at radius 1 is 1.00 bits per heavy atom. The molecule has 0 aliphatic rings. The van der Waals surface area contributed by atoms with Crippen molar-refractivity contribution in [3.05, 3.63) is 101 Å². The van der Waals surface area contributed by atoms with E-state index in [2.05, 4.69) is 4.98 Å². The number of nitrogens with one attached hydrogen (secondary N) is 1. The summed E-state index contributed by atoms with van der Waals surface area (Å²) < 4.78 is 5.84. The number of carboxylic acids is 1. The van der Waals surface area contributed by atoms with Crippen molar-refractivity contribution in [2.75, 3.05) is 11.4 Å². The Labute approximate surface area is 202 Å². The topological polar surface area (TPSA) is 130 Å². The summed E-state index contributed by atoms with van der Waals surface area (Å²) >= 11 is 0. The highest BCUT2D eigenvalue weighted by Crippen LogP contribution is 2.26. The molecular weight excluding hydrogens is 444 g/mol. The number of carbonyl (C=O) groups is 2. The van der Waals surface area contributed by atoms with E-state index in [-0.39, 0.29) is 12.4 Å². The van der Waals surface area contributed by atoms with Crippen LogP contribution in [0.5, 0.6) is 5.75 Å². The molecule has 0 fully saturated rings. The number of carbonyl (C=O) groups excluding carboxylic acids is 1. The van der Waals surface area contributed by atoms with Crippen molar-refractivity contribution < 1.29 is 19.4 Å². The van der Waals surface area contributed by atoms with Crippen molar-refractivity contribution >= 4 is 34.3 Å². The Bertz CT molecular complexity index is 1400. The number of aryl methyl sites for hydroxylation is 1. The van der Waals surface area contributed by atoms with E-state index >= 15 is 0 Å². The van der Waals surface area contributed by atoms with Crippen LogP contribution in [0.25, 0.3) is 10.9 Å². The Balaban J connectivity index is 1.62. The number of pyridine rings is 1. The number of benzene rings is 3. The number of nitrogens with two attached hydrogens (primary N) is 1. The van der Waals surface area contributed by atoms with Crippen molar-refractivity contribution in [2.45, 2.75) is 13.5 Å². The third-order valence-corrected chi connectivity index (χ3v) is 5.48. The molecule has 0 aliphatic carbocycles. The maximum Gasteiger partial charge on any atom is 0.323 e. The molecule has 35 heavy (non-hydrogen) atoms. The molecule has 0 aliphatic heterocycles. The minimum absolute atomic E-state index is 0.0122. The predicted octanol–water partition coefficient (Wildman–Crippen LogP) is 4.14. The first-order chi connectivity index (χ1) is 16.8. The molecule has 8 nitrogen and oxygen atoms in total. The number of fused-ring (bicyclic) bond motifs is 1. The second kappa shape index (κ2) is 10.0. The van der Waals surface area contributed by atoms with Gasteiger partial charge in [-0.2, -0.15) is 0 Å². The first kappa shape index (κ1) is 23.4. The average molecular weight is 469 g/mol. The van der Waals surface area contributed by atoms with Crippen LogP contribution in [0.3, 0.4) is 0 Å². The third-order valence-electron chi connectivity index (χ3n) is 5.48. The molecule has 8 heteroatoms. The molecular formula is C27H24N4O4. The maximum absolute atomic E-state index is 13.1. The van der Waals surface area contributed by atoms with Crippen molar-refractivity contribution in [2.24, 2.45) is 5.73 Å². The number of carboxylic acid groups (broad SMARTS) is 1. The average Bonchev–Trinajstić information content (AvgIpc) is 2.86. The van der Waals surface area contributed by atoms with Gasteiger partial charge in [0.15, 0.2) is 0 Å². The molecule has 3 aromatic carbocycles. The number of hydrogen-bond acceptors (Lipinski definition) is 5. The number of aliphatic carboxylic acids is 1. The van der Waals surface area contributed by atoms with E-state index in [1.54, 1.807) is 66.7 Å². The monoisotopic (exact) mass is 468 g/mol. The Hall–Kier alpha value is -4.72. The number of amidine groups is 1. The molecule has 0 unspecified atom stereocenters. The first-order valence-corrected chi connectivity index (χ1v) is 10.9. The van der Waals surface area contributed by atoms with Gasteiger partial charge >= 0.3 is 5.97 Å². The van der Waals surface area contributed by atoms with Gasteiger partial charge in [-0.3, -0.25) is 19.9 Å². The van der Waals surface area contributed by atoms with Gasteiger partial charge in [0.2, 0.25) is 0 Å². The summed E-state index contributed by atoms with van der Waals surface area (Å²) in [6.45, 7) is 1.69. The van der Waals surface area contributed by atoms with Gasteiger partial charge in [0, 0.05) is 22.2 Å². The van der Waals surface area contributed by atoms with E-state index in [9.17, 15) is 14.7 Å². The van der Waals surface area contributed by atoms with Crippen LogP contribution in [-0.4, -0.2) is 34.3 Å². The molecule has 0 radical (unpaired) electrons. The lowest BCUT2D eigenvalue weighted by Crippen LogP contribution is -2.35. The lowest BCUT2D eigenvalue weighted by molar-refractivity contribution is -0.135. The zero-order valence-corrected chi connectivity index (χ0v) is 19.1. The van der Waals surface area contributed by atoms with Crippen molar-refractivity contribution in [3.63, 3.8) is 0 Å². The molecule has 1 amide bonds. The van der Waals surface area contributed by atoms with Crippen molar-refractivity contribution in [1.29, 1.82) is 5.41 Å². The van der Waals surface area contributed by atoms with E-state index in [1.807, 2.05) is 19.1 Å². The van der Waals surface area contributed by atoms with Gasteiger partial charge in [-0.15, -0.1) is 0 Å². The second-order valence-corrected chi connectivity index (χ2v) is 8.01. The summed E-state index contributed by atoms with van der Waals surface area (Å²) in [5.74, 6) is -0.916. The number of anilines is 1. The van der Waals surface area contributed by atoms with Crippen LogP contribution in [0, 0.1) is 12.3 Å². The van der Waals surface area contributed by atoms with Crippen LogP contribution in [0.1, 0.15) is 27.2 Å². The van der Waals surface area contributed by atoms with E-state index in [1.165, 1.54) is 4.90 Å². The van der Waals surface area contributed by atoms with Crippen molar-refractivity contribution in [3.8, 4) is 5.75 Å². The molecule has 4 N–H and O–H groups in total. The van der Waals surface area contributed by atoms with Crippen LogP contribution in [0.2, 0.25) is 0 Å². The van der Waals surface area contributed by atoms with Crippen LogP contribution in [0.4, 0.5) is 5.69 Å². The van der Waals surface area contributed by atoms with Gasteiger partial charge in [0.25, 0.3) is 5.91 Å². The van der Waals surface area contributed by atoms with Gasteiger partial charge in [-0.25, -0.2) is 4.98 Å². The fraction of sp³-hybridized carbons (Fsp3) is 0.111. The third kappa shape index (κ3) is 5.44. The zero-order valence-electron chi connectivity index (χ0n) is 19.1. The summed E-state index contributed by atoms with van der Waals surface area (Å²) in [4.78, 5) is 30.5. The molecule has 0 atom stereocenters. The SMILES string of the molecule is Cc1cc(COc2ccc(C(=N)N)cc2)nc2cc(N(CC(=O)O)C(=O)c3ccccc3)ccc12. The summed E-state index contributed by atoms with van der Waals surface area (Å²) in [7, 11) is 0. The largest absolute Gasteiger partial charge is 0.487 e. The summed E-state index contributed by atoms with van der Waals surface area (Å²) in [5, 5.41) is 17.8. The number of nitrogens with zero attached hydrogens (tertiary/aromatic N) is 2. The number of rotatable bonds is 8. The van der Waals surface area contributed by atoms with Crippen LogP contribution in [-0.2, 0) is 11.4 Å². The molecule has 0 saturated heterocycles. The number of nitrogen functional groups attached to an aromatic ring is 1. The minimum atomic E-state index is -1.11. The smallest absolute Gasteiger partial charge is 0.323 e. The van der Waals surface area contributed by atoms with Gasteiger partial charge in [0.05, 0.1) is 11.2 Å².